The summed E-state index contributed by atoms with van der Waals surface area (Å²) >= 11 is 0. The maximum absolute atomic E-state index is 5.23. The summed E-state index contributed by atoms with van der Waals surface area (Å²) < 4.78 is 0. The van der Waals surface area contributed by atoms with Crippen molar-refractivity contribution in [2.45, 2.75) is 52.4 Å². The van der Waals surface area contributed by atoms with Crippen LogP contribution in [-0.4, -0.2) is 15.0 Å². The molecule has 0 bridgehead atoms. The van der Waals surface area contributed by atoms with Crippen LogP contribution in [0.15, 0.2) is 176 Å². The maximum Gasteiger partial charge on any atom is 0.164 e. The Hall–Kier alpha value is -7.23. The van der Waals surface area contributed by atoms with Crippen LogP contribution in [0.2, 0.25) is 0 Å². The van der Waals surface area contributed by atoms with Crippen molar-refractivity contribution in [3.8, 4) is 89.8 Å². The van der Waals surface area contributed by atoms with Crippen molar-refractivity contribution < 1.29 is 0 Å². The normalized spacial score (nSPS) is 14.2. The van der Waals surface area contributed by atoms with Crippen molar-refractivity contribution in [3.63, 3.8) is 0 Å². The molecular weight excluding hydrogens is 751 g/mol. The largest absolute Gasteiger partial charge is 0.208 e. The van der Waals surface area contributed by atoms with Gasteiger partial charge in [0, 0.05) is 27.5 Å². The lowest BCUT2D eigenvalue weighted by Crippen LogP contribution is -2.15. The topological polar surface area (TPSA) is 38.7 Å². The number of nitrogens with zero attached hydrogens (tertiary/aromatic N) is 3. The molecular formula is C59H47N3. The molecule has 12 rings (SSSR count). The molecule has 62 heavy (non-hydrogen) atoms. The molecule has 298 valence electrons. The zero-order chi connectivity index (χ0) is 41.0. The highest BCUT2D eigenvalue weighted by molar-refractivity contribution is 5.92. The molecule has 1 heterocycles. The van der Waals surface area contributed by atoms with Crippen molar-refractivity contribution in [3.05, 3.63) is 209 Å². The number of benzene rings is 8. The van der Waals surface area contributed by atoms with Crippen LogP contribution >= 0.6 is 0 Å². The van der Waals surface area contributed by atoms with E-state index >= 15 is 0 Å². The zero-order valence-corrected chi connectivity index (χ0v) is 34.8. The lowest BCUT2D eigenvalue weighted by Gasteiger charge is -2.22. The molecule has 0 N–H and O–H groups in total. The summed E-state index contributed by atoms with van der Waals surface area (Å²) in [4.78, 5) is 15.5. The second-order valence-corrected chi connectivity index (χ2v) is 18.0. The Morgan fingerprint density at radius 3 is 1.26 bits per heavy atom. The van der Waals surface area contributed by atoms with Crippen LogP contribution in [0.25, 0.3) is 89.8 Å². The summed E-state index contributed by atoms with van der Waals surface area (Å²) in [5, 5.41) is 0. The Labute approximate surface area is 364 Å². The smallest absolute Gasteiger partial charge is 0.164 e. The molecule has 0 aliphatic heterocycles. The quantitative estimate of drug-likeness (QED) is 0.174. The Morgan fingerprint density at radius 2 is 0.677 bits per heavy atom. The first kappa shape index (κ1) is 37.7. The molecule has 3 aliphatic rings. The fraction of sp³-hybridized carbons (Fsp3) is 0.136. The fourth-order valence-electron chi connectivity index (χ4n) is 10.7. The van der Waals surface area contributed by atoms with Gasteiger partial charge in [0.2, 0.25) is 0 Å². The Morgan fingerprint density at radius 1 is 0.306 bits per heavy atom. The molecule has 3 aliphatic carbocycles. The molecule has 8 aromatic carbocycles. The highest BCUT2D eigenvalue weighted by Gasteiger charge is 2.37. The van der Waals surface area contributed by atoms with Crippen LogP contribution in [0.3, 0.4) is 0 Å². The van der Waals surface area contributed by atoms with Crippen molar-refractivity contribution >= 4 is 0 Å². The maximum atomic E-state index is 5.23. The SMILES string of the molecule is C.CC1(C)c2ccccc2-c2ccc(-c3nc(-c4ccccc4)nc(-c4cccc(-c5cccc6c5Cc5c(-c7ccc8c(c7)C(C)(C)c7ccccc7-8)cccc5-6)c4)n3)cc21. The van der Waals surface area contributed by atoms with E-state index < -0.39 is 0 Å². The summed E-state index contributed by atoms with van der Waals surface area (Å²) in [6, 6.07) is 64.1. The van der Waals surface area contributed by atoms with E-state index in [1.165, 1.54) is 83.5 Å². The monoisotopic (exact) mass is 797 g/mol. The molecule has 0 amide bonds. The van der Waals surface area contributed by atoms with E-state index in [9.17, 15) is 0 Å². The van der Waals surface area contributed by atoms with Gasteiger partial charge in [0.1, 0.15) is 0 Å². The van der Waals surface area contributed by atoms with Gasteiger partial charge in [-0.2, -0.15) is 0 Å². The molecule has 0 spiro atoms. The van der Waals surface area contributed by atoms with Crippen LogP contribution in [0.4, 0.5) is 0 Å². The average Bonchev–Trinajstić information content (AvgIpc) is 3.89. The van der Waals surface area contributed by atoms with Crippen LogP contribution in [0.5, 0.6) is 0 Å². The standard InChI is InChI=1S/C58H43N3.CH4/c1-57(2)50-25-10-8-19-44(50)46-29-27-37(32-52(46)57)41-22-14-24-43-42-23-13-21-40(48(42)34-49(41)43)36-17-12-18-38(31-36)55-59-54(35-15-6-5-7-16-35)60-56(61-55)39-28-30-47-45-20-9-11-26-51(45)58(3,4)53(47)33-39;/h5-33H,34H2,1-4H3;1H4. The van der Waals surface area contributed by atoms with Crippen LogP contribution in [0.1, 0.15) is 68.5 Å². The van der Waals surface area contributed by atoms with E-state index in [2.05, 4.69) is 185 Å². The average molecular weight is 798 g/mol. The van der Waals surface area contributed by atoms with Gasteiger partial charge in [-0.3, -0.25) is 0 Å². The number of hydrogen-bond acceptors (Lipinski definition) is 3. The number of aromatic nitrogens is 3. The third kappa shape index (κ3) is 5.61. The summed E-state index contributed by atoms with van der Waals surface area (Å²) in [6.45, 7) is 9.35. The molecule has 0 saturated heterocycles. The van der Waals surface area contributed by atoms with E-state index in [0.717, 1.165) is 28.7 Å². The van der Waals surface area contributed by atoms with Gasteiger partial charge in [0.25, 0.3) is 0 Å². The van der Waals surface area contributed by atoms with E-state index in [4.69, 9.17) is 15.0 Å². The highest BCUT2D eigenvalue weighted by atomic mass is 15.0. The summed E-state index contributed by atoms with van der Waals surface area (Å²) in [5.74, 6) is 2.00. The third-order valence-corrected chi connectivity index (χ3v) is 13.8. The third-order valence-electron chi connectivity index (χ3n) is 13.8. The number of hydrogen-bond donors (Lipinski definition) is 0. The van der Waals surface area contributed by atoms with E-state index in [1.807, 2.05) is 18.2 Å². The first-order chi connectivity index (χ1) is 29.7. The summed E-state index contributed by atoms with van der Waals surface area (Å²) in [7, 11) is 0. The molecule has 0 saturated carbocycles. The fourth-order valence-corrected chi connectivity index (χ4v) is 10.7. The highest BCUT2D eigenvalue weighted by Crippen LogP contribution is 2.52. The Bertz CT molecular complexity index is 3280. The second kappa shape index (κ2) is 13.9. The minimum Gasteiger partial charge on any atom is -0.208 e. The molecule has 3 heteroatoms. The molecule has 0 atom stereocenters. The van der Waals surface area contributed by atoms with Gasteiger partial charge in [-0.1, -0.05) is 193 Å². The van der Waals surface area contributed by atoms with E-state index in [-0.39, 0.29) is 18.3 Å². The number of fused-ring (bicyclic) bond motifs is 9. The Kier molecular flexibility index (Phi) is 8.47. The summed E-state index contributed by atoms with van der Waals surface area (Å²) in [5.41, 5.74) is 23.9. The van der Waals surface area contributed by atoms with Crippen molar-refractivity contribution in [1.29, 1.82) is 0 Å². The van der Waals surface area contributed by atoms with Gasteiger partial charge in [0.05, 0.1) is 0 Å². The predicted octanol–water partition coefficient (Wildman–Crippen LogP) is 15.0. The van der Waals surface area contributed by atoms with Gasteiger partial charge in [0.15, 0.2) is 17.5 Å². The predicted molar refractivity (Wildman–Crippen MR) is 257 cm³/mol. The zero-order valence-electron chi connectivity index (χ0n) is 34.8. The summed E-state index contributed by atoms with van der Waals surface area (Å²) in [6.07, 6.45) is 0.870. The molecule has 0 fully saturated rings. The Balaban J connectivity index is 0.00000432. The van der Waals surface area contributed by atoms with Gasteiger partial charge in [-0.05, 0) is 114 Å². The van der Waals surface area contributed by atoms with Crippen LogP contribution < -0.4 is 0 Å². The molecule has 3 nitrogen and oxygen atoms in total. The molecule has 1 aromatic heterocycles. The lowest BCUT2D eigenvalue weighted by molar-refractivity contribution is 0.660. The minimum atomic E-state index is -0.130. The van der Waals surface area contributed by atoms with Gasteiger partial charge in [-0.15, -0.1) is 0 Å². The van der Waals surface area contributed by atoms with E-state index in [1.54, 1.807) is 0 Å². The first-order valence-electron chi connectivity index (χ1n) is 21.4. The van der Waals surface area contributed by atoms with Crippen molar-refractivity contribution in [1.82, 2.24) is 15.0 Å². The van der Waals surface area contributed by atoms with Gasteiger partial charge < -0.3 is 0 Å². The first-order valence-corrected chi connectivity index (χ1v) is 21.4. The minimum absolute atomic E-state index is 0. The van der Waals surface area contributed by atoms with Gasteiger partial charge >= 0.3 is 0 Å². The van der Waals surface area contributed by atoms with Crippen molar-refractivity contribution in [2.75, 3.05) is 0 Å². The van der Waals surface area contributed by atoms with Crippen molar-refractivity contribution in [2.24, 2.45) is 0 Å². The van der Waals surface area contributed by atoms with Crippen LogP contribution in [0, 0.1) is 0 Å². The molecule has 0 unspecified atom stereocenters. The number of rotatable bonds is 5. The second-order valence-electron chi connectivity index (χ2n) is 18.0. The molecule has 0 radical (unpaired) electrons. The molecule has 9 aromatic rings. The lowest BCUT2D eigenvalue weighted by atomic mass is 9.81. The van der Waals surface area contributed by atoms with Crippen LogP contribution in [-0.2, 0) is 17.3 Å². The van der Waals surface area contributed by atoms with E-state index in [0.29, 0.717) is 17.5 Å². The van der Waals surface area contributed by atoms with Gasteiger partial charge in [-0.25, -0.2) is 15.0 Å².